The summed E-state index contributed by atoms with van der Waals surface area (Å²) >= 11 is 0. The van der Waals surface area contributed by atoms with Gasteiger partial charge < -0.3 is 5.11 Å². The zero-order chi connectivity index (χ0) is 18.1. The van der Waals surface area contributed by atoms with Crippen molar-refractivity contribution in [3.8, 4) is 5.82 Å². The van der Waals surface area contributed by atoms with Crippen LogP contribution in [0, 0.1) is 5.92 Å². The van der Waals surface area contributed by atoms with E-state index in [1.165, 1.54) is 4.68 Å². The van der Waals surface area contributed by atoms with Crippen molar-refractivity contribution in [2.45, 2.75) is 30.9 Å². The van der Waals surface area contributed by atoms with Crippen molar-refractivity contribution in [2.75, 3.05) is 0 Å². The summed E-state index contributed by atoms with van der Waals surface area (Å²) in [5, 5.41) is 13.1. The van der Waals surface area contributed by atoms with Crippen LogP contribution in [-0.4, -0.2) is 37.0 Å². The molecule has 0 unspecified atom stereocenters. The third kappa shape index (κ3) is 2.21. The smallest absolute Gasteiger partial charge is 0.459 e. The van der Waals surface area contributed by atoms with Gasteiger partial charge in [-0.25, -0.2) is 19.4 Å². The first-order chi connectivity index (χ1) is 11.6. The molecule has 1 fully saturated rings. The lowest BCUT2D eigenvalue weighted by molar-refractivity contribution is -0.291. The summed E-state index contributed by atoms with van der Waals surface area (Å²) in [5.41, 5.74) is -0.517. The van der Waals surface area contributed by atoms with Crippen molar-refractivity contribution in [1.29, 1.82) is 0 Å². The van der Waals surface area contributed by atoms with Crippen LogP contribution in [0.25, 0.3) is 5.82 Å². The van der Waals surface area contributed by atoms with Crippen molar-refractivity contribution in [1.82, 2.24) is 19.7 Å². The first-order valence-corrected chi connectivity index (χ1v) is 7.23. The number of alkyl halides is 5. The molecule has 2 atom stereocenters. The van der Waals surface area contributed by atoms with Gasteiger partial charge in [0.2, 0.25) is 0 Å². The monoisotopic (exact) mass is 360 g/mol. The molecule has 25 heavy (non-hydrogen) atoms. The largest absolute Gasteiger partial charge is 0.476 e. The Bertz CT molecular complexity index is 875. The second-order valence-electron chi connectivity index (χ2n) is 6.07. The zero-order valence-corrected chi connectivity index (χ0v) is 12.3. The Balaban J connectivity index is 1.75. The summed E-state index contributed by atoms with van der Waals surface area (Å²) in [4.78, 5) is 18.1. The van der Waals surface area contributed by atoms with Crippen molar-refractivity contribution < 1.29 is 31.9 Å². The molecule has 2 aliphatic rings. The molecule has 1 saturated carbocycles. The summed E-state index contributed by atoms with van der Waals surface area (Å²) in [5.74, 6) is -6.03. The molecule has 6 nitrogen and oxygen atoms in total. The fraction of sp³-hybridized carbons (Fsp3) is 0.429. The number of aromatic carboxylic acids is 1. The summed E-state index contributed by atoms with van der Waals surface area (Å²) in [7, 11) is 0. The average Bonchev–Trinajstić information content (AvgIpc) is 3.02. The number of carbonyl (C=O) groups is 1. The predicted molar refractivity (Wildman–Crippen MR) is 70.6 cm³/mol. The third-order valence-corrected chi connectivity index (χ3v) is 4.50. The van der Waals surface area contributed by atoms with Crippen LogP contribution in [0.15, 0.2) is 12.4 Å². The molecule has 0 aliphatic heterocycles. The van der Waals surface area contributed by atoms with E-state index >= 15 is 0 Å². The molecular weight excluding hydrogens is 351 g/mol. The number of halogens is 5. The van der Waals surface area contributed by atoms with Crippen LogP contribution < -0.4 is 0 Å². The van der Waals surface area contributed by atoms with Gasteiger partial charge in [0.1, 0.15) is 5.69 Å². The van der Waals surface area contributed by atoms with Crippen molar-refractivity contribution in [3.63, 3.8) is 0 Å². The zero-order valence-electron chi connectivity index (χ0n) is 12.3. The quantitative estimate of drug-likeness (QED) is 0.852. The lowest BCUT2D eigenvalue weighted by atomic mass is 10.1. The third-order valence-electron chi connectivity index (χ3n) is 4.50. The van der Waals surface area contributed by atoms with Gasteiger partial charge in [-0.2, -0.15) is 27.1 Å². The Kier molecular flexibility index (Phi) is 3.01. The van der Waals surface area contributed by atoms with Gasteiger partial charge in [0.05, 0.1) is 18.1 Å². The summed E-state index contributed by atoms with van der Waals surface area (Å²) in [6, 6.07) is 0. The first-order valence-electron chi connectivity index (χ1n) is 7.23. The fourth-order valence-electron chi connectivity index (χ4n) is 3.20. The lowest BCUT2D eigenvalue weighted by Crippen LogP contribution is -2.34. The van der Waals surface area contributed by atoms with Gasteiger partial charge >= 0.3 is 18.1 Å². The maximum atomic E-state index is 13.3. The van der Waals surface area contributed by atoms with Crippen LogP contribution in [0.5, 0.6) is 0 Å². The van der Waals surface area contributed by atoms with Crippen LogP contribution >= 0.6 is 0 Å². The van der Waals surface area contributed by atoms with E-state index in [-0.39, 0.29) is 17.4 Å². The number of rotatable bonds is 3. The molecule has 4 rings (SSSR count). The van der Waals surface area contributed by atoms with E-state index in [0.717, 1.165) is 12.6 Å². The minimum atomic E-state index is -5.78. The first kappa shape index (κ1) is 15.9. The van der Waals surface area contributed by atoms with Crippen molar-refractivity contribution in [2.24, 2.45) is 5.92 Å². The number of carboxylic acid groups (broad SMARTS) is 1. The summed E-state index contributed by atoms with van der Waals surface area (Å²) < 4.78 is 64.8. The Morgan fingerprint density at radius 3 is 2.48 bits per heavy atom. The van der Waals surface area contributed by atoms with E-state index < -0.39 is 23.8 Å². The summed E-state index contributed by atoms with van der Waals surface area (Å²) in [6.45, 7) is 0. The molecule has 0 spiro atoms. The molecule has 0 aromatic carbocycles. The number of hydrogen-bond acceptors (Lipinski definition) is 4. The standard InChI is InChI=1S/C14H9F5N4O2/c15-13(16,14(17,18)19)8-3-21-9(4-20-8)23-11-6-1-5(6)2-7(11)10(22-23)12(24)25/h3-6H,1-2H2,(H,24,25)/t5-,6-/m1/s1. The molecule has 2 aliphatic carbocycles. The predicted octanol–water partition coefficient (Wildman–Crippen LogP) is 2.67. The van der Waals surface area contributed by atoms with E-state index in [1.807, 2.05) is 0 Å². The Morgan fingerprint density at radius 2 is 1.92 bits per heavy atom. The molecule has 0 amide bonds. The average molecular weight is 360 g/mol. The van der Waals surface area contributed by atoms with Crippen LogP contribution in [0.4, 0.5) is 22.0 Å². The number of carboxylic acids is 1. The molecule has 0 radical (unpaired) electrons. The highest BCUT2D eigenvalue weighted by Crippen LogP contribution is 2.57. The van der Waals surface area contributed by atoms with Gasteiger partial charge in [0.25, 0.3) is 0 Å². The molecule has 0 bridgehead atoms. The maximum absolute atomic E-state index is 13.3. The van der Waals surface area contributed by atoms with Crippen molar-refractivity contribution >= 4 is 5.97 Å². The van der Waals surface area contributed by atoms with Gasteiger partial charge in [0, 0.05) is 11.5 Å². The second-order valence-corrected chi connectivity index (χ2v) is 6.07. The van der Waals surface area contributed by atoms with Crippen LogP contribution in [0.2, 0.25) is 0 Å². The molecule has 2 heterocycles. The summed E-state index contributed by atoms with van der Waals surface area (Å²) in [6.07, 6.45) is -3.30. The number of nitrogens with zero attached hydrogens (tertiary/aromatic N) is 4. The van der Waals surface area contributed by atoms with E-state index in [9.17, 15) is 31.9 Å². The normalized spacial score (nSPS) is 21.8. The Hall–Kier alpha value is -2.59. The van der Waals surface area contributed by atoms with Gasteiger partial charge in [-0.3, -0.25) is 0 Å². The fourth-order valence-corrected chi connectivity index (χ4v) is 3.20. The molecule has 1 N–H and O–H groups in total. The van der Waals surface area contributed by atoms with Crippen LogP contribution in [0.1, 0.15) is 39.8 Å². The molecule has 132 valence electrons. The molecule has 2 aromatic heterocycles. The second kappa shape index (κ2) is 4.73. The van der Waals surface area contributed by atoms with E-state index in [2.05, 4.69) is 15.1 Å². The van der Waals surface area contributed by atoms with Gasteiger partial charge in [-0.05, 0) is 18.8 Å². The highest BCUT2D eigenvalue weighted by Gasteiger charge is 2.60. The van der Waals surface area contributed by atoms with Gasteiger partial charge in [-0.15, -0.1) is 0 Å². The Morgan fingerprint density at radius 1 is 1.20 bits per heavy atom. The minimum absolute atomic E-state index is 0.0991. The highest BCUT2D eigenvalue weighted by atomic mass is 19.4. The van der Waals surface area contributed by atoms with Crippen LogP contribution in [-0.2, 0) is 12.3 Å². The van der Waals surface area contributed by atoms with Gasteiger partial charge in [0.15, 0.2) is 11.5 Å². The SMILES string of the molecule is O=C(O)c1nn(-c2cnc(C(F)(F)C(F)(F)F)cn2)c2c1C[C@H]1C[C@@H]21. The molecule has 11 heteroatoms. The van der Waals surface area contributed by atoms with E-state index in [1.54, 1.807) is 0 Å². The van der Waals surface area contributed by atoms with Crippen LogP contribution in [0.3, 0.4) is 0 Å². The van der Waals surface area contributed by atoms with E-state index in [0.29, 0.717) is 29.8 Å². The number of aromatic nitrogens is 4. The molecular formula is C14H9F5N4O2. The van der Waals surface area contributed by atoms with Gasteiger partial charge in [-0.1, -0.05) is 0 Å². The van der Waals surface area contributed by atoms with Crippen molar-refractivity contribution in [3.05, 3.63) is 35.0 Å². The maximum Gasteiger partial charge on any atom is 0.459 e. The Labute approximate surface area is 136 Å². The minimum Gasteiger partial charge on any atom is -0.476 e. The number of hydrogen-bond donors (Lipinski definition) is 1. The molecule has 2 aromatic rings. The van der Waals surface area contributed by atoms with E-state index in [4.69, 9.17) is 0 Å². The topological polar surface area (TPSA) is 80.9 Å². The number of fused-ring (bicyclic) bond motifs is 3. The molecule has 0 saturated heterocycles. The highest BCUT2D eigenvalue weighted by molar-refractivity contribution is 5.88. The lowest BCUT2D eigenvalue weighted by Gasteiger charge is -2.18.